The van der Waals surface area contributed by atoms with Gasteiger partial charge in [-0.2, -0.15) is 0 Å². The van der Waals surface area contributed by atoms with E-state index in [1.54, 1.807) is 0 Å². The number of hydrogen-bond donors (Lipinski definition) is 0. The molecule has 0 radical (unpaired) electrons. The van der Waals surface area contributed by atoms with Crippen LogP contribution >= 0.6 is 0 Å². The van der Waals surface area contributed by atoms with Crippen LogP contribution in [-0.4, -0.2) is 37.2 Å². The van der Waals surface area contributed by atoms with Crippen LogP contribution in [-0.2, 0) is 28.6 Å². The largest absolute Gasteiger partial charge is 0.462 e. The average Bonchev–Trinajstić information content (AvgIpc) is 3.35. The van der Waals surface area contributed by atoms with E-state index in [2.05, 4.69) is 45.1 Å². The van der Waals surface area contributed by atoms with Crippen LogP contribution in [0.2, 0.25) is 0 Å². The first-order valence-corrected chi connectivity index (χ1v) is 30.8. The highest BCUT2D eigenvalue weighted by atomic mass is 16.6. The molecule has 0 bridgehead atoms. The van der Waals surface area contributed by atoms with Gasteiger partial charge in [-0.15, -0.1) is 0 Å². The number of ether oxygens (including phenoxy) is 3. The summed E-state index contributed by atoms with van der Waals surface area (Å²) in [6.07, 6.45) is 68.9. The zero-order valence-corrected chi connectivity index (χ0v) is 46.6. The van der Waals surface area contributed by atoms with Crippen molar-refractivity contribution in [2.24, 2.45) is 0 Å². The van der Waals surface area contributed by atoms with Crippen molar-refractivity contribution in [1.29, 1.82) is 0 Å². The fourth-order valence-corrected chi connectivity index (χ4v) is 9.37. The lowest BCUT2D eigenvalue weighted by Crippen LogP contribution is -2.30. The number of carbonyl (C=O) groups is 3. The zero-order chi connectivity index (χ0) is 50.0. The smallest absolute Gasteiger partial charge is 0.306 e. The molecule has 0 amide bonds. The van der Waals surface area contributed by atoms with E-state index in [9.17, 15) is 14.4 Å². The normalized spacial score (nSPS) is 12.1. The van der Waals surface area contributed by atoms with E-state index < -0.39 is 6.10 Å². The van der Waals surface area contributed by atoms with Crippen LogP contribution in [0.15, 0.2) is 24.3 Å². The van der Waals surface area contributed by atoms with E-state index in [0.717, 1.165) is 77.0 Å². The molecule has 0 heterocycles. The Morgan fingerprint density at radius 1 is 0.304 bits per heavy atom. The third kappa shape index (κ3) is 56.7. The average molecular weight is 972 g/mol. The van der Waals surface area contributed by atoms with E-state index in [1.807, 2.05) is 0 Å². The fraction of sp³-hybridized carbons (Fsp3) is 0.889. The Labute approximate surface area is 430 Å². The van der Waals surface area contributed by atoms with Gasteiger partial charge in [-0.3, -0.25) is 14.4 Å². The Kier molecular flexibility index (Phi) is 56.7. The number of carbonyl (C=O) groups excluding carboxylic acids is 3. The van der Waals surface area contributed by atoms with Crippen molar-refractivity contribution in [1.82, 2.24) is 0 Å². The predicted octanol–water partition coefficient (Wildman–Crippen LogP) is 20.7. The van der Waals surface area contributed by atoms with Crippen molar-refractivity contribution in [3.05, 3.63) is 24.3 Å². The molecule has 0 aliphatic heterocycles. The molecule has 1 atom stereocenters. The van der Waals surface area contributed by atoms with E-state index in [1.165, 1.54) is 225 Å². The summed E-state index contributed by atoms with van der Waals surface area (Å²) in [4.78, 5) is 38.2. The highest BCUT2D eigenvalue weighted by molar-refractivity contribution is 5.71. The van der Waals surface area contributed by atoms with Crippen LogP contribution in [0.4, 0.5) is 0 Å². The molecule has 0 aliphatic rings. The van der Waals surface area contributed by atoms with Gasteiger partial charge in [0.2, 0.25) is 0 Å². The summed E-state index contributed by atoms with van der Waals surface area (Å²) >= 11 is 0. The van der Waals surface area contributed by atoms with Gasteiger partial charge in [0.25, 0.3) is 0 Å². The second kappa shape index (κ2) is 58.5. The Bertz CT molecular complexity index is 1110. The molecule has 6 nitrogen and oxygen atoms in total. The molecule has 0 aromatic rings. The molecule has 69 heavy (non-hydrogen) atoms. The number of rotatable bonds is 57. The van der Waals surface area contributed by atoms with Gasteiger partial charge >= 0.3 is 17.9 Å². The van der Waals surface area contributed by atoms with Gasteiger partial charge in [-0.1, -0.05) is 302 Å². The summed E-state index contributed by atoms with van der Waals surface area (Å²) in [6.45, 7) is 6.60. The molecular formula is C63H118O6. The minimum Gasteiger partial charge on any atom is -0.462 e. The summed E-state index contributed by atoms with van der Waals surface area (Å²) in [5.74, 6) is -0.850. The molecule has 1 unspecified atom stereocenters. The van der Waals surface area contributed by atoms with Crippen molar-refractivity contribution in [2.45, 2.75) is 348 Å². The molecule has 0 aliphatic carbocycles. The van der Waals surface area contributed by atoms with Crippen LogP contribution in [0.3, 0.4) is 0 Å². The monoisotopic (exact) mass is 971 g/mol. The van der Waals surface area contributed by atoms with E-state index >= 15 is 0 Å². The van der Waals surface area contributed by atoms with Gasteiger partial charge in [-0.25, -0.2) is 0 Å². The lowest BCUT2D eigenvalue weighted by atomic mass is 10.0. The number of esters is 3. The van der Waals surface area contributed by atoms with Gasteiger partial charge < -0.3 is 14.2 Å². The van der Waals surface area contributed by atoms with Gasteiger partial charge in [0.15, 0.2) is 6.10 Å². The summed E-state index contributed by atoms with van der Waals surface area (Å²) in [5.41, 5.74) is 0. The molecule has 0 fully saturated rings. The molecule has 0 spiro atoms. The highest BCUT2D eigenvalue weighted by Crippen LogP contribution is 2.18. The topological polar surface area (TPSA) is 78.9 Å². The van der Waals surface area contributed by atoms with Crippen molar-refractivity contribution in [3.63, 3.8) is 0 Å². The van der Waals surface area contributed by atoms with Crippen LogP contribution in [0.5, 0.6) is 0 Å². The first-order chi connectivity index (χ1) is 34.0. The first kappa shape index (κ1) is 66.9. The van der Waals surface area contributed by atoms with E-state index in [-0.39, 0.29) is 31.1 Å². The van der Waals surface area contributed by atoms with E-state index in [4.69, 9.17) is 14.2 Å². The zero-order valence-electron chi connectivity index (χ0n) is 46.6. The number of allylic oxidation sites excluding steroid dienone is 4. The van der Waals surface area contributed by atoms with Crippen molar-refractivity contribution in [3.8, 4) is 0 Å². The second-order valence-corrected chi connectivity index (χ2v) is 21.0. The molecule has 0 aromatic heterocycles. The number of hydrogen-bond acceptors (Lipinski definition) is 6. The Hall–Kier alpha value is -2.11. The predicted molar refractivity (Wildman–Crippen MR) is 298 cm³/mol. The summed E-state index contributed by atoms with van der Waals surface area (Å²) in [5, 5.41) is 0. The lowest BCUT2D eigenvalue weighted by molar-refractivity contribution is -0.167. The van der Waals surface area contributed by atoms with Crippen LogP contribution in [0.1, 0.15) is 342 Å². The maximum absolute atomic E-state index is 12.9. The molecule has 6 heteroatoms. The minimum atomic E-state index is -0.770. The molecule has 0 N–H and O–H groups in total. The minimum absolute atomic E-state index is 0.0677. The summed E-state index contributed by atoms with van der Waals surface area (Å²) < 4.78 is 16.9. The third-order valence-corrected chi connectivity index (χ3v) is 14.0. The molecule has 406 valence electrons. The molecule has 0 rings (SSSR count). The lowest BCUT2D eigenvalue weighted by Gasteiger charge is -2.18. The highest BCUT2D eigenvalue weighted by Gasteiger charge is 2.19. The Morgan fingerprint density at radius 2 is 0.565 bits per heavy atom. The maximum atomic E-state index is 12.9. The Balaban J connectivity index is 4.29. The first-order valence-electron chi connectivity index (χ1n) is 30.8. The molecule has 0 aromatic carbocycles. The second-order valence-electron chi connectivity index (χ2n) is 21.0. The maximum Gasteiger partial charge on any atom is 0.306 e. The van der Waals surface area contributed by atoms with Crippen molar-refractivity contribution in [2.75, 3.05) is 13.2 Å². The van der Waals surface area contributed by atoms with Crippen molar-refractivity contribution >= 4 is 17.9 Å². The quantitative estimate of drug-likeness (QED) is 0.0261. The van der Waals surface area contributed by atoms with Crippen LogP contribution < -0.4 is 0 Å². The molecule has 0 saturated carbocycles. The third-order valence-electron chi connectivity index (χ3n) is 14.0. The van der Waals surface area contributed by atoms with E-state index in [0.29, 0.717) is 19.3 Å². The Morgan fingerprint density at radius 3 is 0.870 bits per heavy atom. The molecular weight excluding hydrogens is 853 g/mol. The summed E-state index contributed by atoms with van der Waals surface area (Å²) in [6, 6.07) is 0. The molecule has 0 saturated heterocycles. The van der Waals surface area contributed by atoms with Gasteiger partial charge in [0.1, 0.15) is 13.2 Å². The number of unbranched alkanes of at least 4 members (excludes halogenated alkanes) is 42. The van der Waals surface area contributed by atoms with Gasteiger partial charge in [0, 0.05) is 19.3 Å². The van der Waals surface area contributed by atoms with Crippen LogP contribution in [0.25, 0.3) is 0 Å². The fourth-order valence-electron chi connectivity index (χ4n) is 9.37. The van der Waals surface area contributed by atoms with Crippen molar-refractivity contribution < 1.29 is 28.6 Å². The summed E-state index contributed by atoms with van der Waals surface area (Å²) in [7, 11) is 0. The van der Waals surface area contributed by atoms with Gasteiger partial charge in [0.05, 0.1) is 0 Å². The van der Waals surface area contributed by atoms with Crippen LogP contribution in [0, 0.1) is 0 Å². The SMILES string of the molecule is CC/C=C\C/C=C\CCCCCCCCCC(=O)OCC(COC(=O)CCCCCCCCCCCCCCCCCCCCC)OC(=O)CCCCCCCCCCCCCCCCCCCC. The van der Waals surface area contributed by atoms with Gasteiger partial charge in [-0.05, 0) is 44.9 Å². The standard InChI is InChI=1S/C63H118O6/c1-4-7-10-13-16-19-22-25-28-30-32-34-35-38-41-44-47-50-53-56-62(65)68-59-60(58-67-61(64)55-52-49-46-43-40-37-27-24-21-18-15-12-9-6-3)69-63(66)57-54-51-48-45-42-39-36-33-31-29-26-23-20-17-14-11-8-5-2/h9,12,18,21,60H,4-8,10-11,13-17,19-20,22-59H2,1-3H3/b12-9-,21-18-.